The van der Waals surface area contributed by atoms with Crippen LogP contribution in [0.15, 0.2) is 24.3 Å². The molecule has 1 unspecified atom stereocenters. The minimum Gasteiger partial charge on any atom is -0.399 e. The predicted octanol–water partition coefficient (Wildman–Crippen LogP) is 3.03. The van der Waals surface area contributed by atoms with Crippen LogP contribution in [0.2, 0.25) is 0 Å². The first-order chi connectivity index (χ1) is 7.70. The van der Waals surface area contributed by atoms with E-state index >= 15 is 0 Å². The minimum atomic E-state index is 0.685. The maximum Gasteiger partial charge on any atom is 0.0314 e. The van der Waals surface area contributed by atoms with Crippen LogP contribution in [0.3, 0.4) is 0 Å². The minimum absolute atomic E-state index is 0.685. The van der Waals surface area contributed by atoms with Crippen molar-refractivity contribution >= 4 is 5.69 Å². The van der Waals surface area contributed by atoms with E-state index in [2.05, 4.69) is 30.9 Å². The van der Waals surface area contributed by atoms with E-state index in [0.29, 0.717) is 6.04 Å². The number of rotatable bonds is 5. The summed E-state index contributed by atoms with van der Waals surface area (Å²) in [6.45, 7) is 5.67. The van der Waals surface area contributed by atoms with Gasteiger partial charge in [-0.1, -0.05) is 19.1 Å². The van der Waals surface area contributed by atoms with Gasteiger partial charge in [-0.2, -0.15) is 0 Å². The molecule has 0 spiro atoms. The maximum absolute atomic E-state index is 5.70. The summed E-state index contributed by atoms with van der Waals surface area (Å²) in [6.07, 6.45) is 3.98. The van der Waals surface area contributed by atoms with Gasteiger partial charge in [-0.15, -0.1) is 0 Å². The highest BCUT2D eigenvalue weighted by Gasteiger charge is 2.31. The Labute approximate surface area is 98.4 Å². The first-order valence-corrected chi connectivity index (χ1v) is 6.31. The summed E-state index contributed by atoms with van der Waals surface area (Å²) >= 11 is 0. The molecule has 1 aliphatic carbocycles. The molecule has 2 rings (SSSR count). The van der Waals surface area contributed by atoms with E-state index in [4.69, 9.17) is 5.73 Å². The van der Waals surface area contributed by atoms with Crippen LogP contribution in [0.25, 0.3) is 0 Å². The fourth-order valence-corrected chi connectivity index (χ4v) is 2.12. The number of hydrogen-bond donors (Lipinski definition) is 1. The summed E-state index contributed by atoms with van der Waals surface area (Å²) in [5.74, 6) is 0. The maximum atomic E-state index is 5.70. The molecule has 0 radical (unpaired) electrons. The standard InChI is InChI=1S/C14H22N2/c1-3-11(2)16(14-8-9-14)10-12-4-6-13(15)7-5-12/h4-7,11,14H,3,8-10,15H2,1-2H3. The van der Waals surface area contributed by atoms with E-state index in [0.717, 1.165) is 18.3 Å². The van der Waals surface area contributed by atoms with Gasteiger partial charge in [-0.25, -0.2) is 0 Å². The Morgan fingerprint density at radius 3 is 2.44 bits per heavy atom. The molecule has 1 aromatic carbocycles. The van der Waals surface area contributed by atoms with Crippen LogP contribution < -0.4 is 5.73 Å². The molecule has 1 atom stereocenters. The predicted molar refractivity (Wildman–Crippen MR) is 69.2 cm³/mol. The largest absolute Gasteiger partial charge is 0.399 e. The molecule has 1 aromatic rings. The highest BCUT2D eigenvalue weighted by molar-refractivity contribution is 5.39. The van der Waals surface area contributed by atoms with E-state index in [1.54, 1.807) is 0 Å². The summed E-state index contributed by atoms with van der Waals surface area (Å²) in [5.41, 5.74) is 7.93. The van der Waals surface area contributed by atoms with Gasteiger partial charge >= 0.3 is 0 Å². The van der Waals surface area contributed by atoms with Crippen molar-refractivity contribution in [3.63, 3.8) is 0 Å². The Kier molecular flexibility index (Phi) is 3.49. The Morgan fingerprint density at radius 2 is 1.94 bits per heavy atom. The van der Waals surface area contributed by atoms with Crippen molar-refractivity contribution in [3.05, 3.63) is 29.8 Å². The fraction of sp³-hybridized carbons (Fsp3) is 0.571. The van der Waals surface area contributed by atoms with Crippen molar-refractivity contribution < 1.29 is 0 Å². The molecule has 0 amide bonds. The molecule has 1 saturated carbocycles. The fourth-order valence-electron chi connectivity index (χ4n) is 2.12. The van der Waals surface area contributed by atoms with Crippen molar-refractivity contribution in [3.8, 4) is 0 Å². The summed E-state index contributed by atoms with van der Waals surface area (Å²) in [5, 5.41) is 0. The monoisotopic (exact) mass is 218 g/mol. The van der Waals surface area contributed by atoms with Crippen LogP contribution in [-0.4, -0.2) is 17.0 Å². The molecule has 2 N–H and O–H groups in total. The molecule has 0 aromatic heterocycles. The molecule has 2 heteroatoms. The third-order valence-electron chi connectivity index (χ3n) is 3.52. The first kappa shape index (κ1) is 11.5. The van der Waals surface area contributed by atoms with Crippen LogP contribution in [0, 0.1) is 0 Å². The van der Waals surface area contributed by atoms with Crippen LogP contribution in [-0.2, 0) is 6.54 Å². The molecule has 16 heavy (non-hydrogen) atoms. The Morgan fingerprint density at radius 1 is 1.31 bits per heavy atom. The average Bonchev–Trinajstić information content (AvgIpc) is 3.11. The lowest BCUT2D eigenvalue weighted by molar-refractivity contribution is 0.185. The van der Waals surface area contributed by atoms with Gasteiger partial charge in [0.05, 0.1) is 0 Å². The zero-order valence-electron chi connectivity index (χ0n) is 10.3. The number of nitrogens with two attached hydrogens (primary N) is 1. The third-order valence-corrected chi connectivity index (χ3v) is 3.52. The Hall–Kier alpha value is -1.02. The number of anilines is 1. The molecule has 1 aliphatic rings. The normalized spacial score (nSPS) is 17.7. The van der Waals surface area contributed by atoms with Gasteiger partial charge in [0.2, 0.25) is 0 Å². The quantitative estimate of drug-likeness (QED) is 0.770. The summed E-state index contributed by atoms with van der Waals surface area (Å²) in [7, 11) is 0. The smallest absolute Gasteiger partial charge is 0.0314 e. The van der Waals surface area contributed by atoms with Crippen LogP contribution >= 0.6 is 0 Å². The Balaban J connectivity index is 2.02. The number of nitrogen functional groups attached to an aromatic ring is 1. The SMILES string of the molecule is CCC(C)N(Cc1ccc(N)cc1)C1CC1. The second-order valence-corrected chi connectivity index (χ2v) is 4.90. The van der Waals surface area contributed by atoms with Gasteiger partial charge in [0.15, 0.2) is 0 Å². The number of benzene rings is 1. The lowest BCUT2D eigenvalue weighted by Crippen LogP contribution is -2.34. The number of nitrogens with zero attached hydrogens (tertiary/aromatic N) is 1. The lowest BCUT2D eigenvalue weighted by atomic mass is 10.1. The van der Waals surface area contributed by atoms with Crippen LogP contribution in [0.4, 0.5) is 5.69 Å². The third kappa shape index (κ3) is 2.76. The van der Waals surface area contributed by atoms with Gasteiger partial charge < -0.3 is 5.73 Å². The van der Waals surface area contributed by atoms with E-state index in [-0.39, 0.29) is 0 Å². The molecule has 0 saturated heterocycles. The molecule has 1 fully saturated rings. The lowest BCUT2D eigenvalue weighted by Gasteiger charge is -2.28. The van der Waals surface area contributed by atoms with E-state index in [1.165, 1.54) is 24.8 Å². The number of hydrogen-bond acceptors (Lipinski definition) is 2. The van der Waals surface area contributed by atoms with Crippen molar-refractivity contribution in [2.45, 2.75) is 51.7 Å². The molecule has 0 aliphatic heterocycles. The zero-order valence-corrected chi connectivity index (χ0v) is 10.3. The van der Waals surface area contributed by atoms with E-state index in [1.807, 2.05) is 12.1 Å². The average molecular weight is 218 g/mol. The van der Waals surface area contributed by atoms with Crippen LogP contribution in [0.1, 0.15) is 38.7 Å². The van der Waals surface area contributed by atoms with Crippen LogP contribution in [0.5, 0.6) is 0 Å². The van der Waals surface area contributed by atoms with Gasteiger partial charge in [0.25, 0.3) is 0 Å². The summed E-state index contributed by atoms with van der Waals surface area (Å²) in [6, 6.07) is 9.80. The van der Waals surface area contributed by atoms with Crippen molar-refractivity contribution in [2.75, 3.05) is 5.73 Å². The van der Waals surface area contributed by atoms with E-state index in [9.17, 15) is 0 Å². The summed E-state index contributed by atoms with van der Waals surface area (Å²) in [4.78, 5) is 2.63. The molecule has 0 bridgehead atoms. The second-order valence-electron chi connectivity index (χ2n) is 4.90. The second kappa shape index (κ2) is 4.88. The first-order valence-electron chi connectivity index (χ1n) is 6.31. The van der Waals surface area contributed by atoms with Gasteiger partial charge in [0.1, 0.15) is 0 Å². The van der Waals surface area contributed by atoms with Crippen molar-refractivity contribution in [1.29, 1.82) is 0 Å². The highest BCUT2D eigenvalue weighted by Crippen LogP contribution is 2.30. The molecule has 2 nitrogen and oxygen atoms in total. The van der Waals surface area contributed by atoms with Crippen molar-refractivity contribution in [1.82, 2.24) is 4.90 Å². The molecule has 0 heterocycles. The van der Waals surface area contributed by atoms with E-state index < -0.39 is 0 Å². The van der Waals surface area contributed by atoms with Gasteiger partial charge in [0, 0.05) is 24.3 Å². The molecular weight excluding hydrogens is 196 g/mol. The summed E-state index contributed by atoms with van der Waals surface area (Å²) < 4.78 is 0. The molecular formula is C14H22N2. The zero-order chi connectivity index (χ0) is 11.5. The topological polar surface area (TPSA) is 29.3 Å². The Bertz CT molecular complexity index is 327. The molecule has 88 valence electrons. The highest BCUT2D eigenvalue weighted by atomic mass is 15.2. The van der Waals surface area contributed by atoms with Gasteiger partial charge in [-0.05, 0) is 43.9 Å². The van der Waals surface area contributed by atoms with Gasteiger partial charge in [-0.3, -0.25) is 4.90 Å². The van der Waals surface area contributed by atoms with Crippen molar-refractivity contribution in [2.24, 2.45) is 0 Å².